The van der Waals surface area contributed by atoms with E-state index < -0.39 is 36.1 Å². The Morgan fingerprint density at radius 1 is 1.15 bits per heavy atom. The van der Waals surface area contributed by atoms with Gasteiger partial charge in [-0.25, -0.2) is 4.79 Å². The highest BCUT2D eigenvalue weighted by molar-refractivity contribution is 5.96. The third-order valence-corrected chi connectivity index (χ3v) is 3.46. The largest absolute Gasteiger partial charge is 0.480 e. The summed E-state index contributed by atoms with van der Waals surface area (Å²) in [5.41, 5.74) is 0.218. The van der Waals surface area contributed by atoms with Gasteiger partial charge in [0.1, 0.15) is 6.04 Å². The fraction of sp³-hybridized carbons (Fsp3) is 0.556. The molecular weight excluding hydrogens is 351 g/mol. The molecule has 0 bridgehead atoms. The molecule has 1 aromatic carbocycles. The fourth-order valence-corrected chi connectivity index (χ4v) is 2.09. The van der Waals surface area contributed by atoms with Crippen LogP contribution in [0, 0.1) is 0 Å². The Balaban J connectivity index is 2.62. The second kappa shape index (κ2) is 9.02. The quantitative estimate of drug-likeness (QED) is 0.728. The van der Waals surface area contributed by atoms with E-state index in [4.69, 9.17) is 4.74 Å². The van der Waals surface area contributed by atoms with E-state index in [0.717, 1.165) is 0 Å². The molecule has 26 heavy (non-hydrogen) atoms. The Morgan fingerprint density at radius 3 is 2.19 bits per heavy atom. The van der Waals surface area contributed by atoms with Crippen LogP contribution in [0.25, 0.3) is 0 Å². The van der Waals surface area contributed by atoms with Gasteiger partial charge in [-0.15, -0.1) is 0 Å². The molecule has 1 unspecified atom stereocenters. The average molecular weight is 375 g/mol. The van der Waals surface area contributed by atoms with Crippen LogP contribution >= 0.6 is 0 Å². The smallest absolute Gasteiger partial charge is 0.389 e. The number of aryl methyl sites for hydroxylation is 1. The molecule has 0 heterocycles. The number of alkyl halides is 3. The van der Waals surface area contributed by atoms with E-state index in [-0.39, 0.29) is 25.0 Å². The lowest BCUT2D eigenvalue weighted by molar-refractivity contribution is -0.140. The van der Waals surface area contributed by atoms with Gasteiger partial charge in [0.2, 0.25) is 0 Å². The highest BCUT2D eigenvalue weighted by atomic mass is 19.4. The molecule has 0 aliphatic rings. The second-order valence-electron chi connectivity index (χ2n) is 6.93. The number of amides is 1. The van der Waals surface area contributed by atoms with Crippen LogP contribution in [0.5, 0.6) is 0 Å². The molecule has 8 heteroatoms. The van der Waals surface area contributed by atoms with Gasteiger partial charge in [0.15, 0.2) is 0 Å². The van der Waals surface area contributed by atoms with Crippen LogP contribution < -0.4 is 5.32 Å². The number of benzene rings is 1. The zero-order valence-corrected chi connectivity index (χ0v) is 15.0. The number of carboxylic acids is 1. The van der Waals surface area contributed by atoms with Crippen molar-refractivity contribution in [1.82, 2.24) is 5.32 Å². The Morgan fingerprint density at radius 2 is 1.73 bits per heavy atom. The molecule has 5 nitrogen and oxygen atoms in total. The predicted molar refractivity (Wildman–Crippen MR) is 90.0 cm³/mol. The molecule has 0 saturated heterocycles. The molecule has 0 spiro atoms. The minimum absolute atomic E-state index is 0.0992. The lowest BCUT2D eigenvalue weighted by Crippen LogP contribution is -2.42. The van der Waals surface area contributed by atoms with E-state index in [9.17, 15) is 27.9 Å². The molecule has 1 aromatic rings. The fourth-order valence-electron chi connectivity index (χ4n) is 2.09. The normalized spacial score (nSPS) is 13.3. The number of hydrogen-bond acceptors (Lipinski definition) is 3. The molecule has 0 radical (unpaired) electrons. The lowest BCUT2D eigenvalue weighted by atomic mass is 10.1. The van der Waals surface area contributed by atoms with Crippen LogP contribution in [0.1, 0.15) is 49.5 Å². The molecular formula is C18H24F3NO4. The number of rotatable bonds is 8. The summed E-state index contributed by atoms with van der Waals surface area (Å²) in [6.45, 7) is 5.67. The van der Waals surface area contributed by atoms with Crippen molar-refractivity contribution < 1.29 is 32.6 Å². The number of carbonyl (C=O) groups excluding carboxylic acids is 1. The number of halogens is 3. The molecule has 1 atom stereocenters. The minimum Gasteiger partial charge on any atom is -0.480 e. The van der Waals surface area contributed by atoms with Gasteiger partial charge in [-0.05, 0) is 44.9 Å². The van der Waals surface area contributed by atoms with E-state index >= 15 is 0 Å². The highest BCUT2D eigenvalue weighted by Crippen LogP contribution is 2.22. The van der Waals surface area contributed by atoms with Crippen LogP contribution in [0.2, 0.25) is 0 Å². The number of ether oxygens (including phenoxy) is 1. The van der Waals surface area contributed by atoms with Gasteiger partial charge in [0, 0.05) is 25.0 Å². The standard InChI is InChI=1S/C18H24F3NO4/c1-17(2,3)26-11-9-14(16(24)25)22-15(23)13-6-4-12(5-7-13)8-10-18(19,20)21/h4-7,14H,8-11H2,1-3H3,(H,22,23)(H,24,25). The topological polar surface area (TPSA) is 75.6 Å². The Kier molecular flexibility index (Phi) is 7.62. The summed E-state index contributed by atoms with van der Waals surface area (Å²) in [6, 6.07) is 4.50. The van der Waals surface area contributed by atoms with Crippen LogP contribution in [-0.2, 0) is 16.0 Å². The maximum atomic E-state index is 12.2. The highest BCUT2D eigenvalue weighted by Gasteiger charge is 2.26. The molecule has 0 aliphatic heterocycles. The summed E-state index contributed by atoms with van der Waals surface area (Å²) < 4.78 is 42.1. The minimum atomic E-state index is -4.24. The Bertz CT molecular complexity index is 606. The van der Waals surface area contributed by atoms with Gasteiger partial charge in [-0.2, -0.15) is 13.2 Å². The Hall–Kier alpha value is -2.09. The predicted octanol–water partition coefficient (Wildman–Crippen LogP) is 3.57. The molecule has 0 fully saturated rings. The number of hydrogen-bond donors (Lipinski definition) is 2. The first-order valence-electron chi connectivity index (χ1n) is 8.21. The summed E-state index contributed by atoms with van der Waals surface area (Å²) >= 11 is 0. The maximum absolute atomic E-state index is 12.2. The van der Waals surface area contributed by atoms with E-state index in [1.807, 2.05) is 20.8 Å². The average Bonchev–Trinajstić information content (AvgIpc) is 2.50. The number of aliphatic carboxylic acids is 1. The van der Waals surface area contributed by atoms with Gasteiger partial charge >= 0.3 is 12.1 Å². The van der Waals surface area contributed by atoms with Crippen LogP contribution in [-0.4, -0.2) is 41.4 Å². The molecule has 1 amide bonds. The number of carbonyl (C=O) groups is 2. The monoisotopic (exact) mass is 375 g/mol. The summed E-state index contributed by atoms with van der Waals surface area (Å²) in [6.07, 6.45) is -5.25. The van der Waals surface area contributed by atoms with Gasteiger partial charge in [0.05, 0.1) is 5.60 Å². The zero-order valence-electron chi connectivity index (χ0n) is 15.0. The van der Waals surface area contributed by atoms with Crippen molar-refractivity contribution in [2.75, 3.05) is 6.61 Å². The third kappa shape index (κ3) is 8.84. The first kappa shape index (κ1) is 22.0. The van der Waals surface area contributed by atoms with Crippen molar-refractivity contribution in [3.8, 4) is 0 Å². The van der Waals surface area contributed by atoms with Crippen molar-refractivity contribution >= 4 is 11.9 Å². The SMILES string of the molecule is CC(C)(C)OCCC(NC(=O)c1ccc(CCC(F)(F)F)cc1)C(=O)O. The van der Waals surface area contributed by atoms with Crippen molar-refractivity contribution in [3.63, 3.8) is 0 Å². The van der Waals surface area contributed by atoms with Crippen molar-refractivity contribution in [3.05, 3.63) is 35.4 Å². The first-order chi connectivity index (χ1) is 11.9. The molecule has 2 N–H and O–H groups in total. The van der Waals surface area contributed by atoms with Gasteiger partial charge in [-0.1, -0.05) is 12.1 Å². The summed E-state index contributed by atoms with van der Waals surface area (Å²) in [7, 11) is 0. The molecule has 0 aliphatic carbocycles. The number of carboxylic acid groups (broad SMARTS) is 1. The summed E-state index contributed by atoms with van der Waals surface area (Å²) in [4.78, 5) is 23.4. The third-order valence-electron chi connectivity index (χ3n) is 3.46. The van der Waals surface area contributed by atoms with Crippen molar-refractivity contribution in [2.45, 2.75) is 57.9 Å². The summed E-state index contributed by atoms with van der Waals surface area (Å²) in [5, 5.41) is 11.6. The summed E-state index contributed by atoms with van der Waals surface area (Å²) in [5.74, 6) is -1.78. The zero-order chi connectivity index (χ0) is 20.0. The van der Waals surface area contributed by atoms with Gasteiger partial charge in [-0.3, -0.25) is 4.79 Å². The van der Waals surface area contributed by atoms with Crippen LogP contribution in [0.3, 0.4) is 0 Å². The second-order valence-corrected chi connectivity index (χ2v) is 6.93. The van der Waals surface area contributed by atoms with Gasteiger partial charge in [0.25, 0.3) is 5.91 Å². The first-order valence-corrected chi connectivity index (χ1v) is 8.21. The molecule has 146 valence electrons. The van der Waals surface area contributed by atoms with Crippen molar-refractivity contribution in [2.24, 2.45) is 0 Å². The van der Waals surface area contributed by atoms with Gasteiger partial charge < -0.3 is 15.2 Å². The Labute approximate surface area is 150 Å². The van der Waals surface area contributed by atoms with Crippen LogP contribution in [0.4, 0.5) is 13.2 Å². The van der Waals surface area contributed by atoms with E-state index in [1.54, 1.807) is 0 Å². The van der Waals surface area contributed by atoms with Crippen molar-refractivity contribution in [1.29, 1.82) is 0 Å². The number of nitrogens with one attached hydrogen (secondary N) is 1. The maximum Gasteiger partial charge on any atom is 0.389 e. The molecule has 0 saturated carbocycles. The van der Waals surface area contributed by atoms with E-state index in [2.05, 4.69) is 5.32 Å². The van der Waals surface area contributed by atoms with Crippen LogP contribution in [0.15, 0.2) is 24.3 Å². The van der Waals surface area contributed by atoms with E-state index in [1.165, 1.54) is 24.3 Å². The van der Waals surface area contributed by atoms with E-state index in [0.29, 0.717) is 5.56 Å². The molecule has 0 aromatic heterocycles. The lowest BCUT2D eigenvalue weighted by Gasteiger charge is -2.21. The molecule has 1 rings (SSSR count).